The van der Waals surface area contributed by atoms with E-state index >= 15 is 0 Å². The normalized spacial score (nSPS) is 16.7. The van der Waals surface area contributed by atoms with Crippen molar-refractivity contribution >= 4 is 22.4 Å². The second-order valence-electron chi connectivity index (χ2n) is 7.91. The first-order valence-electron chi connectivity index (χ1n) is 10.6. The summed E-state index contributed by atoms with van der Waals surface area (Å²) in [5, 5.41) is 12.2. The van der Waals surface area contributed by atoms with Gasteiger partial charge in [-0.3, -0.25) is 24.0 Å². The summed E-state index contributed by atoms with van der Waals surface area (Å²) in [6, 6.07) is -0.0521. The van der Waals surface area contributed by atoms with Crippen molar-refractivity contribution in [3.05, 3.63) is 37.1 Å². The second-order valence-corrected chi connectivity index (χ2v) is 8.98. The van der Waals surface area contributed by atoms with Gasteiger partial charge in [0.2, 0.25) is 11.0 Å². The van der Waals surface area contributed by atoms with Crippen molar-refractivity contribution in [1.29, 1.82) is 0 Å². The van der Waals surface area contributed by atoms with Crippen LogP contribution in [0.1, 0.15) is 74.2 Å². The third kappa shape index (κ3) is 4.05. The number of hydrogen-bond donors (Lipinski definition) is 1. The average molecular weight is 418 g/mol. The molecule has 8 nitrogen and oxygen atoms in total. The Balaban J connectivity index is 1.62. The quantitative estimate of drug-likeness (QED) is 0.778. The first kappa shape index (κ1) is 20.0. The van der Waals surface area contributed by atoms with E-state index in [1.165, 1.54) is 20.5 Å². The Morgan fingerprint density at radius 1 is 1.14 bits per heavy atom. The molecule has 0 aliphatic heterocycles. The third-order valence-corrected chi connectivity index (χ3v) is 6.75. The van der Waals surface area contributed by atoms with Crippen LogP contribution >= 0.6 is 11.3 Å². The number of carbonyl (C=O) groups is 1. The number of fused-ring (bicyclic) bond motifs is 1. The highest BCUT2D eigenvalue weighted by molar-refractivity contribution is 7.15. The minimum atomic E-state index is -0.346. The molecule has 29 heavy (non-hydrogen) atoms. The number of carbonyl (C=O) groups excluding carboxylic acids is 1. The van der Waals surface area contributed by atoms with Crippen LogP contribution < -0.4 is 16.6 Å². The molecule has 0 aromatic carbocycles. The first-order chi connectivity index (χ1) is 14.1. The highest BCUT2D eigenvalue weighted by Gasteiger charge is 2.28. The predicted octanol–water partition coefficient (Wildman–Crippen LogP) is 2.45. The Hall–Kier alpha value is -2.29. The van der Waals surface area contributed by atoms with Crippen molar-refractivity contribution in [3.63, 3.8) is 0 Å². The van der Waals surface area contributed by atoms with Gasteiger partial charge in [-0.2, -0.15) is 0 Å². The molecule has 0 spiro atoms. The summed E-state index contributed by atoms with van der Waals surface area (Å²) < 4.78 is 2.95. The Kier molecular flexibility index (Phi) is 5.94. The fourth-order valence-corrected chi connectivity index (χ4v) is 5.34. The molecule has 1 amide bonds. The molecule has 0 saturated heterocycles. The van der Waals surface area contributed by atoms with Gasteiger partial charge in [-0.25, -0.2) is 4.79 Å². The van der Waals surface area contributed by atoms with E-state index in [0.717, 1.165) is 62.1 Å². The molecule has 0 unspecified atom stereocenters. The Morgan fingerprint density at radius 2 is 1.93 bits per heavy atom. The molecule has 4 rings (SSSR count). The summed E-state index contributed by atoms with van der Waals surface area (Å²) >= 11 is 1.36. The lowest BCUT2D eigenvalue weighted by Crippen LogP contribution is -2.46. The molecule has 1 fully saturated rings. The van der Waals surface area contributed by atoms with E-state index in [1.54, 1.807) is 0 Å². The van der Waals surface area contributed by atoms with Gasteiger partial charge in [-0.05, 0) is 38.5 Å². The second kappa shape index (κ2) is 8.61. The van der Waals surface area contributed by atoms with E-state index in [1.807, 2.05) is 0 Å². The molecule has 2 aromatic rings. The molecule has 1 saturated carbocycles. The van der Waals surface area contributed by atoms with Gasteiger partial charge in [-0.15, -0.1) is 10.2 Å². The van der Waals surface area contributed by atoms with Crippen LogP contribution in [-0.2, 0) is 30.6 Å². The van der Waals surface area contributed by atoms with E-state index < -0.39 is 0 Å². The molecule has 1 N–H and O–H groups in total. The number of aryl methyl sites for hydroxylation is 1. The van der Waals surface area contributed by atoms with Gasteiger partial charge in [0.1, 0.15) is 11.6 Å². The third-order valence-electron chi connectivity index (χ3n) is 5.85. The number of nitrogens with one attached hydrogen (secondary N) is 1. The van der Waals surface area contributed by atoms with E-state index in [4.69, 9.17) is 0 Å². The van der Waals surface area contributed by atoms with Crippen molar-refractivity contribution in [2.45, 2.75) is 83.7 Å². The smallest absolute Gasteiger partial charge is 0.299 e. The van der Waals surface area contributed by atoms with Gasteiger partial charge >= 0.3 is 5.69 Å². The van der Waals surface area contributed by atoms with Crippen molar-refractivity contribution in [2.24, 2.45) is 0 Å². The monoisotopic (exact) mass is 417 g/mol. The van der Waals surface area contributed by atoms with Crippen LogP contribution in [0.3, 0.4) is 0 Å². The Labute approximate surface area is 173 Å². The molecule has 2 heterocycles. The van der Waals surface area contributed by atoms with Crippen LogP contribution in [0.2, 0.25) is 0 Å². The predicted molar refractivity (Wildman–Crippen MR) is 112 cm³/mol. The van der Waals surface area contributed by atoms with Crippen molar-refractivity contribution < 1.29 is 4.79 Å². The fraction of sp³-hybridized carbons (Fsp3) is 0.650. The largest absolute Gasteiger partial charge is 0.331 e. The van der Waals surface area contributed by atoms with Crippen molar-refractivity contribution in [2.75, 3.05) is 5.32 Å². The minimum Gasteiger partial charge on any atom is -0.299 e. The molecule has 9 heteroatoms. The van der Waals surface area contributed by atoms with Gasteiger partial charge < -0.3 is 0 Å². The summed E-state index contributed by atoms with van der Waals surface area (Å²) in [7, 11) is 0. The number of hydrogen-bond acceptors (Lipinski definition) is 6. The Morgan fingerprint density at radius 3 is 2.69 bits per heavy atom. The van der Waals surface area contributed by atoms with Gasteiger partial charge in [0, 0.05) is 23.7 Å². The summed E-state index contributed by atoms with van der Waals surface area (Å²) in [5.74, 6) is -0.311. The lowest BCUT2D eigenvalue weighted by molar-refractivity contribution is -0.116. The van der Waals surface area contributed by atoms with Gasteiger partial charge in [0.05, 0.1) is 0 Å². The number of anilines is 1. The van der Waals surface area contributed by atoms with Crippen LogP contribution in [-0.4, -0.2) is 25.2 Å². The standard InChI is InChI=1S/C20H27N5O3S/c1-2-7-17-22-23-19(29-17)21-16(26)12-24-15-11-6-10-14(15)18(27)25(20(24)28)13-8-4-3-5-9-13/h13H,2-12H2,1H3,(H,21,23,26). The van der Waals surface area contributed by atoms with E-state index in [-0.39, 0.29) is 29.7 Å². The van der Waals surface area contributed by atoms with Crippen LogP contribution in [0.15, 0.2) is 9.59 Å². The van der Waals surface area contributed by atoms with Crippen LogP contribution in [0, 0.1) is 0 Å². The zero-order valence-electron chi connectivity index (χ0n) is 16.8. The highest BCUT2D eigenvalue weighted by atomic mass is 32.1. The number of aromatic nitrogens is 4. The topological polar surface area (TPSA) is 98.9 Å². The van der Waals surface area contributed by atoms with Gasteiger partial charge in [-0.1, -0.05) is 37.5 Å². The molecule has 156 valence electrons. The summed E-state index contributed by atoms with van der Waals surface area (Å²) in [4.78, 5) is 38.9. The zero-order valence-corrected chi connectivity index (χ0v) is 17.6. The molecule has 0 atom stereocenters. The van der Waals surface area contributed by atoms with E-state index in [2.05, 4.69) is 22.4 Å². The highest BCUT2D eigenvalue weighted by Crippen LogP contribution is 2.27. The Bertz CT molecular complexity index is 1020. The lowest BCUT2D eigenvalue weighted by atomic mass is 9.95. The van der Waals surface area contributed by atoms with E-state index in [9.17, 15) is 14.4 Å². The summed E-state index contributed by atoms with van der Waals surface area (Å²) in [5.41, 5.74) is 0.955. The van der Waals surface area contributed by atoms with Crippen molar-refractivity contribution in [1.82, 2.24) is 19.3 Å². The summed E-state index contributed by atoms with van der Waals surface area (Å²) in [6.45, 7) is 1.96. The number of amides is 1. The molecular weight excluding hydrogens is 390 g/mol. The average Bonchev–Trinajstić information content (AvgIpc) is 3.36. The fourth-order valence-electron chi connectivity index (χ4n) is 4.48. The van der Waals surface area contributed by atoms with Crippen molar-refractivity contribution in [3.8, 4) is 0 Å². The van der Waals surface area contributed by atoms with Crippen LogP contribution in [0.5, 0.6) is 0 Å². The molecule has 0 radical (unpaired) electrons. The first-order valence-corrected chi connectivity index (χ1v) is 11.4. The molecular formula is C20H27N5O3S. The maximum atomic E-state index is 13.2. The van der Waals surface area contributed by atoms with E-state index in [0.29, 0.717) is 23.5 Å². The maximum Gasteiger partial charge on any atom is 0.331 e. The SMILES string of the molecule is CCCc1nnc(NC(=O)Cn2c3c(c(=O)n(C4CCCCC4)c2=O)CCC3)s1. The molecule has 2 aliphatic carbocycles. The number of nitrogens with zero attached hydrogens (tertiary/aromatic N) is 4. The lowest BCUT2D eigenvalue weighted by Gasteiger charge is -2.25. The van der Waals surface area contributed by atoms with Gasteiger partial charge in [0.15, 0.2) is 0 Å². The summed E-state index contributed by atoms with van der Waals surface area (Å²) in [6.07, 6.45) is 8.90. The number of rotatable bonds is 6. The van der Waals surface area contributed by atoms with Crippen LogP contribution in [0.25, 0.3) is 0 Å². The van der Waals surface area contributed by atoms with Crippen LogP contribution in [0.4, 0.5) is 5.13 Å². The molecule has 2 aromatic heterocycles. The van der Waals surface area contributed by atoms with Gasteiger partial charge in [0.25, 0.3) is 5.56 Å². The minimum absolute atomic E-state index is 0.0521. The molecule has 2 aliphatic rings. The maximum absolute atomic E-state index is 13.2. The molecule has 0 bridgehead atoms. The zero-order chi connectivity index (χ0) is 20.4.